The van der Waals surface area contributed by atoms with Crippen LogP contribution in [0.1, 0.15) is 31.2 Å². The number of anilines is 1. The largest absolute Gasteiger partial charge is 0.486 e. The van der Waals surface area contributed by atoms with Crippen molar-refractivity contribution in [3.63, 3.8) is 0 Å². The molecule has 0 saturated carbocycles. The van der Waals surface area contributed by atoms with Crippen molar-refractivity contribution in [3.05, 3.63) is 78.1 Å². The molecule has 0 aliphatic heterocycles. The lowest BCUT2D eigenvalue weighted by Crippen LogP contribution is -2.14. The molecule has 0 spiro atoms. The third kappa shape index (κ3) is 5.64. The zero-order valence-electron chi connectivity index (χ0n) is 17.5. The first-order valence-corrected chi connectivity index (χ1v) is 11.1. The number of nitrogens with zero attached hydrogens (tertiary/aromatic N) is 2. The van der Waals surface area contributed by atoms with Crippen LogP contribution >= 0.6 is 11.8 Å². The first kappa shape index (κ1) is 20.9. The van der Waals surface area contributed by atoms with Crippen LogP contribution in [-0.4, -0.2) is 26.8 Å². The number of H-pyrrole nitrogens is 1. The number of thioether (sulfide) groups is 1. The molecule has 4 rings (SSSR count). The Kier molecular flexibility index (Phi) is 6.52. The Morgan fingerprint density at radius 2 is 1.84 bits per heavy atom. The summed E-state index contributed by atoms with van der Waals surface area (Å²) in [5.41, 5.74) is 2.05. The van der Waals surface area contributed by atoms with Gasteiger partial charge in [0.05, 0.1) is 5.75 Å². The first-order valence-electron chi connectivity index (χ1n) is 10.1. The maximum absolute atomic E-state index is 12.3. The second-order valence-corrected chi connectivity index (χ2v) is 8.42. The molecule has 31 heavy (non-hydrogen) atoms. The van der Waals surface area contributed by atoms with Gasteiger partial charge in [-0.05, 0) is 46.5 Å². The highest BCUT2D eigenvalue weighted by atomic mass is 32.2. The van der Waals surface area contributed by atoms with Crippen LogP contribution in [0.15, 0.2) is 71.9 Å². The van der Waals surface area contributed by atoms with E-state index in [9.17, 15) is 4.79 Å². The molecule has 1 amide bonds. The van der Waals surface area contributed by atoms with Crippen molar-refractivity contribution >= 4 is 34.1 Å². The maximum Gasteiger partial charge on any atom is 0.234 e. The van der Waals surface area contributed by atoms with Crippen LogP contribution in [0, 0.1) is 0 Å². The molecule has 3 aromatic carbocycles. The van der Waals surface area contributed by atoms with Gasteiger partial charge in [0.1, 0.15) is 12.4 Å². The molecular formula is C24H24N4O2S. The number of hydrogen-bond acceptors (Lipinski definition) is 5. The van der Waals surface area contributed by atoms with E-state index in [-0.39, 0.29) is 18.3 Å². The molecule has 1 heterocycles. The summed E-state index contributed by atoms with van der Waals surface area (Å²) in [6, 6.07) is 22.0. The Morgan fingerprint density at radius 3 is 2.61 bits per heavy atom. The molecule has 0 aliphatic carbocycles. The Balaban J connectivity index is 1.26. The van der Waals surface area contributed by atoms with E-state index in [4.69, 9.17) is 4.74 Å². The second-order valence-electron chi connectivity index (χ2n) is 7.48. The van der Waals surface area contributed by atoms with Crippen molar-refractivity contribution in [2.24, 2.45) is 0 Å². The third-order valence-electron chi connectivity index (χ3n) is 4.80. The Bertz CT molecular complexity index is 1170. The highest BCUT2D eigenvalue weighted by Crippen LogP contribution is 2.21. The fraction of sp³-hybridized carbons (Fsp3) is 0.208. The van der Waals surface area contributed by atoms with Crippen LogP contribution in [0.5, 0.6) is 5.75 Å². The van der Waals surface area contributed by atoms with Crippen LogP contribution in [0.2, 0.25) is 0 Å². The van der Waals surface area contributed by atoms with Crippen LogP contribution < -0.4 is 10.1 Å². The average Bonchev–Trinajstić information content (AvgIpc) is 3.24. The molecule has 0 radical (unpaired) electrons. The van der Waals surface area contributed by atoms with Gasteiger partial charge in [-0.3, -0.25) is 9.89 Å². The second kappa shape index (κ2) is 9.66. The van der Waals surface area contributed by atoms with Crippen molar-refractivity contribution in [1.82, 2.24) is 15.2 Å². The number of amides is 1. The Hall–Kier alpha value is -3.32. The van der Waals surface area contributed by atoms with Gasteiger partial charge < -0.3 is 10.1 Å². The predicted molar refractivity (Wildman–Crippen MR) is 125 cm³/mol. The molecule has 2 N–H and O–H groups in total. The summed E-state index contributed by atoms with van der Waals surface area (Å²) in [7, 11) is 0. The predicted octanol–water partition coefficient (Wildman–Crippen LogP) is 5.39. The summed E-state index contributed by atoms with van der Waals surface area (Å²) in [5, 5.41) is 12.7. The minimum atomic E-state index is -0.104. The molecule has 158 valence electrons. The number of aromatic amines is 1. The number of rotatable bonds is 8. The molecule has 0 bridgehead atoms. The van der Waals surface area contributed by atoms with E-state index < -0.39 is 0 Å². The van der Waals surface area contributed by atoms with E-state index >= 15 is 0 Å². The highest BCUT2D eigenvalue weighted by Gasteiger charge is 2.09. The topological polar surface area (TPSA) is 79.9 Å². The van der Waals surface area contributed by atoms with Crippen molar-refractivity contribution in [2.45, 2.75) is 31.5 Å². The number of aromatic nitrogens is 3. The number of carbonyl (C=O) groups excluding carboxylic acids is 1. The summed E-state index contributed by atoms with van der Waals surface area (Å²) in [5.74, 6) is 2.01. The number of ether oxygens (including phenoxy) is 1. The smallest absolute Gasteiger partial charge is 0.234 e. The van der Waals surface area contributed by atoms with Gasteiger partial charge in [-0.1, -0.05) is 68.1 Å². The lowest BCUT2D eigenvalue weighted by atomic mass is 10.0. The molecule has 0 saturated heterocycles. The molecule has 0 fully saturated rings. The number of fused-ring (bicyclic) bond motifs is 1. The van der Waals surface area contributed by atoms with E-state index in [0.29, 0.717) is 16.9 Å². The fourth-order valence-corrected chi connectivity index (χ4v) is 3.72. The molecular weight excluding hydrogens is 408 g/mol. The summed E-state index contributed by atoms with van der Waals surface area (Å²) in [4.78, 5) is 16.7. The SMILES string of the molecule is CC(C)c1ccc(OCc2nc(SCC(=O)Nc3ccc4ccccc4c3)n[nH]2)cc1. The molecule has 4 aromatic rings. The van der Waals surface area contributed by atoms with Gasteiger partial charge in [-0.2, -0.15) is 0 Å². The van der Waals surface area contributed by atoms with Gasteiger partial charge in [0.25, 0.3) is 0 Å². The minimum absolute atomic E-state index is 0.104. The van der Waals surface area contributed by atoms with Crippen LogP contribution in [0.4, 0.5) is 5.69 Å². The van der Waals surface area contributed by atoms with Crippen molar-refractivity contribution in [1.29, 1.82) is 0 Å². The minimum Gasteiger partial charge on any atom is -0.486 e. The summed E-state index contributed by atoms with van der Waals surface area (Å²) in [6.45, 7) is 4.61. The van der Waals surface area contributed by atoms with Crippen LogP contribution in [-0.2, 0) is 11.4 Å². The molecule has 7 heteroatoms. The van der Waals surface area contributed by atoms with Crippen molar-refractivity contribution in [2.75, 3.05) is 11.1 Å². The Labute approximate surface area is 185 Å². The summed E-state index contributed by atoms with van der Waals surface area (Å²) in [6.07, 6.45) is 0. The number of nitrogens with one attached hydrogen (secondary N) is 2. The quantitative estimate of drug-likeness (QED) is 0.365. The first-order chi connectivity index (χ1) is 15.1. The lowest BCUT2D eigenvalue weighted by molar-refractivity contribution is -0.113. The van der Waals surface area contributed by atoms with Gasteiger partial charge in [-0.15, -0.1) is 5.10 Å². The molecule has 1 aromatic heterocycles. The monoisotopic (exact) mass is 432 g/mol. The highest BCUT2D eigenvalue weighted by molar-refractivity contribution is 7.99. The van der Waals surface area contributed by atoms with Gasteiger partial charge in [-0.25, -0.2) is 4.98 Å². The van der Waals surface area contributed by atoms with Gasteiger partial charge in [0.15, 0.2) is 5.82 Å². The zero-order valence-corrected chi connectivity index (χ0v) is 18.3. The lowest BCUT2D eigenvalue weighted by Gasteiger charge is -2.07. The Morgan fingerprint density at radius 1 is 1.06 bits per heavy atom. The number of benzene rings is 3. The van der Waals surface area contributed by atoms with Crippen molar-refractivity contribution in [3.8, 4) is 5.75 Å². The summed E-state index contributed by atoms with van der Waals surface area (Å²) >= 11 is 1.28. The van der Waals surface area contributed by atoms with E-state index in [2.05, 4.69) is 46.5 Å². The normalized spacial score (nSPS) is 11.1. The average molecular weight is 433 g/mol. The summed E-state index contributed by atoms with van der Waals surface area (Å²) < 4.78 is 5.76. The van der Waals surface area contributed by atoms with E-state index in [0.717, 1.165) is 22.2 Å². The standard InChI is InChI=1S/C24H24N4O2S/c1-16(2)17-8-11-21(12-9-17)30-14-22-26-24(28-27-22)31-15-23(29)25-20-10-7-18-5-3-4-6-19(18)13-20/h3-13,16H,14-15H2,1-2H3,(H,25,29)(H,26,27,28). The van der Waals surface area contributed by atoms with E-state index in [1.165, 1.54) is 17.3 Å². The fourth-order valence-electron chi connectivity index (χ4n) is 3.10. The van der Waals surface area contributed by atoms with Crippen molar-refractivity contribution < 1.29 is 9.53 Å². The third-order valence-corrected chi connectivity index (χ3v) is 5.65. The van der Waals surface area contributed by atoms with E-state index in [1.54, 1.807) is 0 Å². The maximum atomic E-state index is 12.3. The number of carbonyl (C=O) groups is 1. The van der Waals surface area contributed by atoms with E-state index in [1.807, 2.05) is 54.6 Å². The van der Waals surface area contributed by atoms with Gasteiger partial charge in [0.2, 0.25) is 11.1 Å². The zero-order chi connectivity index (χ0) is 21.6. The van der Waals surface area contributed by atoms with Gasteiger partial charge >= 0.3 is 0 Å². The number of hydrogen-bond donors (Lipinski definition) is 2. The van der Waals surface area contributed by atoms with Gasteiger partial charge in [0, 0.05) is 5.69 Å². The molecule has 0 aliphatic rings. The molecule has 0 atom stereocenters. The molecule has 0 unspecified atom stereocenters. The van der Waals surface area contributed by atoms with Crippen LogP contribution in [0.3, 0.4) is 0 Å². The van der Waals surface area contributed by atoms with Crippen LogP contribution in [0.25, 0.3) is 10.8 Å². The molecule has 6 nitrogen and oxygen atoms in total.